The number of fused-ring (bicyclic) bond motifs is 1. The molecule has 1 amide bonds. The Kier molecular flexibility index (Phi) is 2.84. The van der Waals surface area contributed by atoms with E-state index < -0.39 is 0 Å². The molecule has 2 saturated carbocycles. The predicted molar refractivity (Wildman–Crippen MR) is 82.9 cm³/mol. The summed E-state index contributed by atoms with van der Waals surface area (Å²) in [6.45, 7) is 0. The third kappa shape index (κ3) is 2.46. The molecule has 0 bridgehead atoms. The zero-order valence-electron chi connectivity index (χ0n) is 11.9. The summed E-state index contributed by atoms with van der Waals surface area (Å²) >= 11 is 0. The summed E-state index contributed by atoms with van der Waals surface area (Å²) in [4.78, 5) is 16.9. The molecule has 4 nitrogen and oxygen atoms in total. The zero-order valence-corrected chi connectivity index (χ0v) is 11.9. The van der Waals surface area contributed by atoms with Crippen LogP contribution in [0.3, 0.4) is 0 Å². The molecule has 2 aliphatic rings. The largest absolute Gasteiger partial charge is 0.398 e. The Morgan fingerprint density at radius 1 is 1.19 bits per heavy atom. The van der Waals surface area contributed by atoms with Gasteiger partial charge in [0.1, 0.15) is 5.69 Å². The van der Waals surface area contributed by atoms with Crippen LogP contribution in [0.4, 0.5) is 5.69 Å². The number of anilines is 1. The molecule has 1 aromatic heterocycles. The zero-order chi connectivity index (χ0) is 14.4. The highest BCUT2D eigenvalue weighted by Gasteiger charge is 2.42. The first-order valence-corrected chi connectivity index (χ1v) is 7.68. The van der Waals surface area contributed by atoms with Gasteiger partial charge in [-0.2, -0.15) is 0 Å². The lowest BCUT2D eigenvalue weighted by Gasteiger charge is -2.17. The van der Waals surface area contributed by atoms with Gasteiger partial charge in [0.05, 0.1) is 5.52 Å². The van der Waals surface area contributed by atoms with Gasteiger partial charge in [-0.3, -0.25) is 4.79 Å². The van der Waals surface area contributed by atoms with Crippen molar-refractivity contribution in [2.24, 2.45) is 11.8 Å². The van der Waals surface area contributed by atoms with Gasteiger partial charge in [0.15, 0.2) is 0 Å². The van der Waals surface area contributed by atoms with E-state index in [0.29, 0.717) is 29.3 Å². The van der Waals surface area contributed by atoms with E-state index in [2.05, 4.69) is 10.3 Å². The molecule has 0 aliphatic heterocycles. The van der Waals surface area contributed by atoms with Gasteiger partial charge >= 0.3 is 0 Å². The molecule has 108 valence electrons. The van der Waals surface area contributed by atoms with Crippen LogP contribution in [-0.4, -0.2) is 16.9 Å². The van der Waals surface area contributed by atoms with Crippen LogP contribution in [0.25, 0.3) is 10.9 Å². The lowest BCUT2D eigenvalue weighted by Crippen LogP contribution is -2.38. The van der Waals surface area contributed by atoms with E-state index in [9.17, 15) is 4.79 Å². The van der Waals surface area contributed by atoms with Crippen molar-refractivity contribution in [1.29, 1.82) is 0 Å². The highest BCUT2D eigenvalue weighted by atomic mass is 16.1. The van der Waals surface area contributed by atoms with E-state index >= 15 is 0 Å². The number of aromatic nitrogens is 1. The van der Waals surface area contributed by atoms with Crippen LogP contribution >= 0.6 is 0 Å². The SMILES string of the molecule is Nc1cc(C(=O)NC(C2CC2)C2CC2)nc2ccccc12. The number of nitrogens with two attached hydrogens (primary N) is 1. The van der Waals surface area contributed by atoms with E-state index in [-0.39, 0.29) is 5.91 Å². The molecule has 0 radical (unpaired) electrons. The summed E-state index contributed by atoms with van der Waals surface area (Å²) in [5.74, 6) is 1.27. The van der Waals surface area contributed by atoms with Crippen molar-refractivity contribution in [1.82, 2.24) is 10.3 Å². The summed E-state index contributed by atoms with van der Waals surface area (Å²) in [6.07, 6.45) is 4.98. The van der Waals surface area contributed by atoms with Gasteiger partial charge < -0.3 is 11.1 Å². The molecule has 0 unspecified atom stereocenters. The molecule has 2 fully saturated rings. The van der Waals surface area contributed by atoms with Crippen molar-refractivity contribution in [3.63, 3.8) is 0 Å². The van der Waals surface area contributed by atoms with E-state index in [1.54, 1.807) is 6.07 Å². The number of nitrogens with one attached hydrogen (secondary N) is 1. The Bertz CT molecular complexity index is 692. The fourth-order valence-corrected chi connectivity index (χ4v) is 3.08. The first-order chi connectivity index (χ1) is 10.2. The highest BCUT2D eigenvalue weighted by Crippen LogP contribution is 2.44. The molecule has 3 N–H and O–H groups in total. The molecule has 1 aromatic carbocycles. The number of hydrogen-bond donors (Lipinski definition) is 2. The molecular weight excluding hydrogens is 262 g/mol. The number of hydrogen-bond acceptors (Lipinski definition) is 3. The Hall–Kier alpha value is -2.10. The van der Waals surface area contributed by atoms with Crippen molar-refractivity contribution < 1.29 is 4.79 Å². The van der Waals surface area contributed by atoms with E-state index in [1.165, 1.54) is 25.7 Å². The second-order valence-electron chi connectivity index (χ2n) is 6.29. The number of nitrogen functional groups attached to an aromatic ring is 1. The van der Waals surface area contributed by atoms with Gasteiger partial charge in [0, 0.05) is 17.1 Å². The summed E-state index contributed by atoms with van der Waals surface area (Å²) < 4.78 is 0. The normalized spacial score (nSPS) is 18.1. The lowest BCUT2D eigenvalue weighted by molar-refractivity contribution is 0.0921. The number of nitrogens with zero attached hydrogens (tertiary/aromatic N) is 1. The summed E-state index contributed by atoms with van der Waals surface area (Å²) in [6, 6.07) is 9.68. The monoisotopic (exact) mass is 281 g/mol. The first-order valence-electron chi connectivity index (χ1n) is 7.68. The minimum Gasteiger partial charge on any atom is -0.398 e. The molecule has 2 aromatic rings. The van der Waals surface area contributed by atoms with Crippen molar-refractivity contribution in [3.05, 3.63) is 36.0 Å². The van der Waals surface area contributed by atoms with Crippen LogP contribution < -0.4 is 11.1 Å². The number of rotatable bonds is 4. The summed E-state index contributed by atoms with van der Waals surface area (Å²) in [5, 5.41) is 4.09. The Balaban J connectivity index is 1.61. The molecule has 0 saturated heterocycles. The second-order valence-corrected chi connectivity index (χ2v) is 6.29. The number of carbonyl (C=O) groups excluding carboxylic acids is 1. The average Bonchev–Trinajstić information content (AvgIpc) is 3.38. The van der Waals surface area contributed by atoms with Crippen LogP contribution in [0.5, 0.6) is 0 Å². The van der Waals surface area contributed by atoms with Gasteiger partial charge in [-0.1, -0.05) is 18.2 Å². The van der Waals surface area contributed by atoms with Crippen LogP contribution in [0.2, 0.25) is 0 Å². The maximum absolute atomic E-state index is 12.5. The molecule has 0 atom stereocenters. The molecule has 4 heteroatoms. The second kappa shape index (κ2) is 4.72. The average molecular weight is 281 g/mol. The Labute approximate surface area is 123 Å². The van der Waals surface area contributed by atoms with Gasteiger partial charge in [-0.05, 0) is 49.7 Å². The lowest BCUT2D eigenvalue weighted by atomic mass is 10.1. The third-order valence-electron chi connectivity index (χ3n) is 4.54. The molecule has 2 aliphatic carbocycles. The van der Waals surface area contributed by atoms with Gasteiger partial charge in [-0.15, -0.1) is 0 Å². The van der Waals surface area contributed by atoms with Crippen LogP contribution in [0, 0.1) is 11.8 Å². The predicted octanol–water partition coefficient (Wildman–Crippen LogP) is 2.74. The molecule has 0 spiro atoms. The van der Waals surface area contributed by atoms with Gasteiger partial charge in [0.2, 0.25) is 0 Å². The van der Waals surface area contributed by atoms with E-state index in [4.69, 9.17) is 5.73 Å². The van der Waals surface area contributed by atoms with Crippen molar-refractivity contribution in [2.75, 3.05) is 5.73 Å². The first kappa shape index (κ1) is 12.6. The van der Waals surface area contributed by atoms with Gasteiger partial charge in [-0.25, -0.2) is 4.98 Å². The summed E-state index contributed by atoms with van der Waals surface area (Å²) in [5.41, 5.74) is 7.86. The fourth-order valence-electron chi connectivity index (χ4n) is 3.08. The molecule has 4 rings (SSSR count). The smallest absolute Gasteiger partial charge is 0.270 e. The highest BCUT2D eigenvalue weighted by molar-refractivity contribution is 5.99. The third-order valence-corrected chi connectivity index (χ3v) is 4.54. The molecule has 1 heterocycles. The quantitative estimate of drug-likeness (QED) is 0.905. The van der Waals surface area contributed by atoms with Crippen molar-refractivity contribution in [2.45, 2.75) is 31.7 Å². The number of amides is 1. The number of benzene rings is 1. The van der Waals surface area contributed by atoms with Crippen LogP contribution in [-0.2, 0) is 0 Å². The number of carbonyl (C=O) groups is 1. The maximum atomic E-state index is 12.5. The van der Waals surface area contributed by atoms with Crippen LogP contribution in [0.1, 0.15) is 36.2 Å². The maximum Gasteiger partial charge on any atom is 0.270 e. The van der Waals surface area contributed by atoms with E-state index in [1.807, 2.05) is 24.3 Å². The standard InChI is InChI=1S/C17H19N3O/c18-13-9-15(19-14-4-2-1-3-12(13)14)17(21)20-16(10-5-6-10)11-7-8-11/h1-4,9-11,16H,5-8H2,(H2,18,19)(H,20,21). The van der Waals surface area contributed by atoms with Crippen molar-refractivity contribution >= 4 is 22.5 Å². The topological polar surface area (TPSA) is 68.0 Å². The minimum absolute atomic E-state index is 0.0868. The molecule has 21 heavy (non-hydrogen) atoms. The van der Waals surface area contributed by atoms with Gasteiger partial charge in [0.25, 0.3) is 5.91 Å². The summed E-state index contributed by atoms with van der Waals surface area (Å²) in [7, 11) is 0. The van der Waals surface area contributed by atoms with Crippen molar-refractivity contribution in [3.8, 4) is 0 Å². The Morgan fingerprint density at radius 3 is 2.52 bits per heavy atom. The van der Waals surface area contributed by atoms with Crippen LogP contribution in [0.15, 0.2) is 30.3 Å². The fraction of sp³-hybridized carbons (Fsp3) is 0.412. The van der Waals surface area contributed by atoms with E-state index in [0.717, 1.165) is 10.9 Å². The minimum atomic E-state index is -0.0868. The molecular formula is C17H19N3O. The number of para-hydroxylation sites is 1. The Morgan fingerprint density at radius 2 is 1.86 bits per heavy atom. The number of pyridine rings is 1.